The zero-order valence-electron chi connectivity index (χ0n) is 21.5. The quantitative estimate of drug-likeness (QED) is 0.227. The van der Waals surface area contributed by atoms with E-state index in [1.165, 1.54) is 7.11 Å². The summed E-state index contributed by atoms with van der Waals surface area (Å²) in [5.74, 6) is -1.32. The van der Waals surface area contributed by atoms with Crippen LogP contribution in [0.25, 0.3) is 6.08 Å². The van der Waals surface area contributed by atoms with Crippen molar-refractivity contribution in [2.75, 3.05) is 13.7 Å². The number of allylic oxidation sites excluding steroid dienone is 2. The Kier molecular flexibility index (Phi) is 9.17. The number of imidazole rings is 1. The van der Waals surface area contributed by atoms with Crippen LogP contribution < -0.4 is 5.32 Å². The number of carbonyl (C=O) groups excluding carboxylic acids is 2. The molecule has 10 heteroatoms. The van der Waals surface area contributed by atoms with Crippen molar-refractivity contribution in [3.05, 3.63) is 115 Å². The number of ether oxygens (including phenoxy) is 2. The van der Waals surface area contributed by atoms with Gasteiger partial charge in [0.05, 0.1) is 34.2 Å². The van der Waals surface area contributed by atoms with Crippen molar-refractivity contribution >= 4 is 52.8 Å². The van der Waals surface area contributed by atoms with Gasteiger partial charge in [0, 0.05) is 40.8 Å². The maximum atomic E-state index is 13.4. The minimum atomic E-state index is -0.949. The zero-order chi connectivity index (χ0) is 28.1. The Morgan fingerprint density at radius 2 is 1.64 bits per heavy atom. The third kappa shape index (κ3) is 6.38. The number of aromatic amines is 1. The number of H-pyrrole nitrogens is 1. The third-order valence-electron chi connectivity index (χ3n) is 6.28. The largest absolute Gasteiger partial charge is 0.466 e. The van der Waals surface area contributed by atoms with E-state index in [0.717, 1.165) is 17.0 Å². The molecule has 1 aromatic heterocycles. The van der Waals surface area contributed by atoms with E-state index in [1.807, 2.05) is 30.3 Å². The van der Waals surface area contributed by atoms with Crippen LogP contribution in [0.2, 0.25) is 15.1 Å². The average Bonchev–Trinajstić information content (AvgIpc) is 3.42. The first-order chi connectivity index (χ1) is 18.7. The number of nitrogens with zero attached hydrogens (tertiary/aromatic N) is 1. The predicted octanol–water partition coefficient (Wildman–Crippen LogP) is 6.63. The Labute approximate surface area is 241 Å². The van der Waals surface area contributed by atoms with E-state index >= 15 is 0 Å². The highest BCUT2D eigenvalue weighted by Crippen LogP contribution is 2.46. The van der Waals surface area contributed by atoms with Gasteiger partial charge in [-0.2, -0.15) is 0 Å². The van der Waals surface area contributed by atoms with Gasteiger partial charge in [0.1, 0.15) is 12.4 Å². The number of rotatable bonds is 8. The van der Waals surface area contributed by atoms with E-state index < -0.39 is 17.9 Å². The summed E-state index contributed by atoms with van der Waals surface area (Å²) in [6.45, 7) is 3.43. The van der Waals surface area contributed by atoms with Gasteiger partial charge >= 0.3 is 11.9 Å². The molecule has 0 aliphatic carbocycles. The van der Waals surface area contributed by atoms with E-state index in [9.17, 15) is 9.59 Å². The Hall–Kier alpha value is -3.52. The van der Waals surface area contributed by atoms with Gasteiger partial charge in [-0.3, -0.25) is 0 Å². The summed E-state index contributed by atoms with van der Waals surface area (Å²) in [6, 6.07) is 11.1. The number of nitrogens with one attached hydrogen (secondary N) is 2. The van der Waals surface area contributed by atoms with Crippen molar-refractivity contribution < 1.29 is 19.1 Å². The van der Waals surface area contributed by atoms with Crippen molar-refractivity contribution in [1.29, 1.82) is 0 Å². The summed E-state index contributed by atoms with van der Waals surface area (Å²) in [4.78, 5) is 33.6. The number of dihydropyridines is 1. The molecule has 0 spiro atoms. The van der Waals surface area contributed by atoms with Gasteiger partial charge in [0.15, 0.2) is 0 Å². The minimum Gasteiger partial charge on any atom is -0.466 e. The molecule has 3 aromatic rings. The van der Waals surface area contributed by atoms with Gasteiger partial charge in [-0.05, 0) is 43.2 Å². The molecule has 202 valence electrons. The van der Waals surface area contributed by atoms with Crippen LogP contribution >= 0.6 is 34.8 Å². The van der Waals surface area contributed by atoms with Crippen LogP contribution in [0, 0.1) is 0 Å². The molecule has 39 heavy (non-hydrogen) atoms. The molecule has 1 aliphatic heterocycles. The summed E-state index contributed by atoms with van der Waals surface area (Å²) in [7, 11) is 1.26. The lowest BCUT2D eigenvalue weighted by molar-refractivity contribution is -0.138. The normalized spacial score (nSPS) is 15.5. The Bertz CT molecular complexity index is 1480. The topological polar surface area (TPSA) is 93.3 Å². The van der Waals surface area contributed by atoms with E-state index in [-0.39, 0.29) is 32.8 Å². The number of halogens is 3. The van der Waals surface area contributed by atoms with Crippen LogP contribution in [0.5, 0.6) is 0 Å². The first kappa shape index (κ1) is 28.5. The lowest BCUT2D eigenvalue weighted by Crippen LogP contribution is -2.32. The van der Waals surface area contributed by atoms with E-state index in [0.29, 0.717) is 23.4 Å². The van der Waals surface area contributed by atoms with Crippen molar-refractivity contribution in [2.24, 2.45) is 0 Å². The minimum absolute atomic E-state index is 0.00371. The number of aromatic nitrogens is 2. The van der Waals surface area contributed by atoms with E-state index in [4.69, 9.17) is 44.3 Å². The van der Waals surface area contributed by atoms with Crippen molar-refractivity contribution in [1.82, 2.24) is 15.3 Å². The first-order valence-electron chi connectivity index (χ1n) is 12.0. The van der Waals surface area contributed by atoms with Gasteiger partial charge < -0.3 is 19.8 Å². The van der Waals surface area contributed by atoms with E-state index in [1.54, 1.807) is 44.4 Å². The fourth-order valence-electron chi connectivity index (χ4n) is 4.46. The van der Waals surface area contributed by atoms with Gasteiger partial charge in [0.2, 0.25) is 0 Å². The summed E-state index contributed by atoms with van der Waals surface area (Å²) >= 11 is 19.4. The molecule has 0 bridgehead atoms. The van der Waals surface area contributed by atoms with Gasteiger partial charge in [-0.1, -0.05) is 65.1 Å². The fraction of sp³-hybridized carbons (Fsp3) is 0.207. The smallest absolute Gasteiger partial charge is 0.337 e. The molecular weight excluding hydrogens is 561 g/mol. The lowest BCUT2D eigenvalue weighted by Gasteiger charge is -2.31. The molecule has 0 amide bonds. The van der Waals surface area contributed by atoms with Crippen LogP contribution in [-0.2, 0) is 25.5 Å². The maximum absolute atomic E-state index is 13.4. The number of benzene rings is 2. The molecule has 1 unspecified atom stereocenters. The second kappa shape index (κ2) is 12.6. The molecule has 0 saturated heterocycles. The maximum Gasteiger partial charge on any atom is 0.337 e. The molecule has 2 aromatic carbocycles. The van der Waals surface area contributed by atoms with Crippen LogP contribution in [-0.4, -0.2) is 35.6 Å². The highest BCUT2D eigenvalue weighted by atomic mass is 35.5. The van der Waals surface area contributed by atoms with Crippen LogP contribution in [0.1, 0.15) is 42.3 Å². The fourth-order valence-corrected chi connectivity index (χ4v) is 5.22. The summed E-state index contributed by atoms with van der Waals surface area (Å²) in [5, 5.41) is 3.70. The molecule has 0 fully saturated rings. The highest BCUT2D eigenvalue weighted by molar-refractivity contribution is 6.44. The van der Waals surface area contributed by atoms with Crippen molar-refractivity contribution in [3.8, 4) is 0 Å². The number of carbonyl (C=O) groups is 2. The number of hydrogen-bond acceptors (Lipinski definition) is 6. The standard InChI is InChI=1S/C29H26Cl3N3O4/c1-16-23(28(36)38-3)26(25-20(30)10-11-21(31)27(25)32)24(17(2)35-16)29(37)39-14-4-5-18-6-8-19(9-7-18)15-22-33-12-13-34-22/h4-13,26,35H,14-15H2,1-3H3,(H,33,34). The van der Waals surface area contributed by atoms with Crippen LogP contribution in [0.4, 0.5) is 0 Å². The summed E-state index contributed by atoms with van der Waals surface area (Å²) in [6.07, 6.45) is 7.82. The summed E-state index contributed by atoms with van der Waals surface area (Å²) in [5.41, 5.74) is 3.76. The Morgan fingerprint density at radius 3 is 2.28 bits per heavy atom. The van der Waals surface area contributed by atoms with Gasteiger partial charge in [-0.25, -0.2) is 14.6 Å². The monoisotopic (exact) mass is 585 g/mol. The molecule has 0 saturated carbocycles. The molecule has 1 atom stereocenters. The van der Waals surface area contributed by atoms with Gasteiger partial charge in [0.25, 0.3) is 0 Å². The molecule has 2 N–H and O–H groups in total. The molecular formula is C29H26Cl3N3O4. The second-order valence-corrected chi connectivity index (χ2v) is 10.0. The molecule has 2 heterocycles. The molecule has 7 nitrogen and oxygen atoms in total. The molecule has 0 radical (unpaired) electrons. The Morgan fingerprint density at radius 1 is 0.974 bits per heavy atom. The number of hydrogen-bond donors (Lipinski definition) is 2. The molecule has 1 aliphatic rings. The second-order valence-electron chi connectivity index (χ2n) is 8.84. The van der Waals surface area contributed by atoms with Crippen molar-refractivity contribution in [3.63, 3.8) is 0 Å². The third-order valence-corrected chi connectivity index (χ3v) is 7.43. The predicted molar refractivity (Wildman–Crippen MR) is 153 cm³/mol. The average molecular weight is 587 g/mol. The summed E-state index contributed by atoms with van der Waals surface area (Å²) < 4.78 is 10.6. The lowest BCUT2D eigenvalue weighted by atomic mass is 9.80. The first-order valence-corrected chi connectivity index (χ1v) is 13.2. The van der Waals surface area contributed by atoms with E-state index in [2.05, 4.69) is 15.3 Å². The Balaban J connectivity index is 1.54. The van der Waals surface area contributed by atoms with Crippen LogP contribution in [0.3, 0.4) is 0 Å². The highest BCUT2D eigenvalue weighted by Gasteiger charge is 2.40. The zero-order valence-corrected chi connectivity index (χ0v) is 23.7. The van der Waals surface area contributed by atoms with Crippen LogP contribution in [0.15, 0.2) is 77.4 Å². The SMILES string of the molecule is COC(=O)C1=C(C)NC(C)=C(C(=O)OCC=Cc2ccc(Cc3ncc[nH]3)cc2)C1c1c(Cl)ccc(Cl)c1Cl. The number of esters is 2. The van der Waals surface area contributed by atoms with Gasteiger partial charge in [-0.15, -0.1) is 0 Å². The van der Waals surface area contributed by atoms with Crippen molar-refractivity contribution in [2.45, 2.75) is 26.2 Å². The molecule has 4 rings (SSSR count). The number of methoxy groups -OCH3 is 1.